The van der Waals surface area contributed by atoms with E-state index in [1.165, 1.54) is 31.4 Å². The van der Waals surface area contributed by atoms with E-state index < -0.39 is 12.3 Å². The minimum Gasteiger partial charge on any atom is -0.496 e. The summed E-state index contributed by atoms with van der Waals surface area (Å²) in [6.07, 6.45) is -1.38. The molecule has 24 heavy (non-hydrogen) atoms. The number of primary amides is 1. The first-order chi connectivity index (χ1) is 11.3. The lowest BCUT2D eigenvalue weighted by Crippen LogP contribution is -2.16. The molecule has 0 fully saturated rings. The van der Waals surface area contributed by atoms with Gasteiger partial charge in [-0.25, -0.2) is 0 Å². The summed E-state index contributed by atoms with van der Waals surface area (Å²) in [5.74, 6) is -0.331. The number of carbonyl (C=O) groups excluding carboxylic acids is 1. The number of hydrogen-bond acceptors (Lipinski definition) is 3. The van der Waals surface area contributed by atoms with E-state index in [-0.39, 0.29) is 5.75 Å². The maximum atomic E-state index is 12.1. The van der Waals surface area contributed by atoms with Crippen molar-refractivity contribution >= 4 is 18.1 Å². The fourth-order valence-electron chi connectivity index (χ4n) is 1.98. The van der Waals surface area contributed by atoms with Crippen LogP contribution < -0.4 is 15.2 Å². The summed E-state index contributed by atoms with van der Waals surface area (Å²) in [6, 6.07) is 10.1. The molecular formula is C17H14F3NO3. The monoisotopic (exact) mass is 337 g/mol. The van der Waals surface area contributed by atoms with Gasteiger partial charge in [0.1, 0.15) is 11.5 Å². The highest BCUT2D eigenvalue weighted by molar-refractivity contribution is 5.94. The minimum absolute atomic E-state index is 0.298. The van der Waals surface area contributed by atoms with Crippen molar-refractivity contribution in [2.75, 3.05) is 7.11 Å². The molecule has 2 N–H and O–H groups in total. The van der Waals surface area contributed by atoms with E-state index in [9.17, 15) is 18.0 Å². The lowest BCUT2D eigenvalue weighted by molar-refractivity contribution is -0.274. The van der Waals surface area contributed by atoms with Crippen molar-refractivity contribution in [3.8, 4) is 11.5 Å². The highest BCUT2D eigenvalue weighted by Crippen LogP contribution is 2.25. The van der Waals surface area contributed by atoms with Crippen molar-refractivity contribution in [3.05, 3.63) is 59.2 Å². The van der Waals surface area contributed by atoms with E-state index in [0.717, 1.165) is 0 Å². The average Bonchev–Trinajstić information content (AvgIpc) is 2.52. The van der Waals surface area contributed by atoms with E-state index in [1.54, 1.807) is 30.4 Å². The van der Waals surface area contributed by atoms with Crippen molar-refractivity contribution in [2.24, 2.45) is 5.73 Å². The second-order valence-corrected chi connectivity index (χ2v) is 4.77. The molecule has 0 saturated carbocycles. The molecular weight excluding hydrogens is 323 g/mol. The molecule has 0 radical (unpaired) electrons. The van der Waals surface area contributed by atoms with Crippen molar-refractivity contribution in [3.63, 3.8) is 0 Å². The standard InChI is InChI=1S/C17H14F3NO3/c1-23-15-9-6-13(16(21)22)10-12(15)5-2-11-3-7-14(8-4-11)24-17(18,19)20/h2-10H,1H3,(H2,21,22). The smallest absolute Gasteiger partial charge is 0.496 e. The minimum atomic E-state index is -4.72. The zero-order chi connectivity index (χ0) is 17.7. The Morgan fingerprint density at radius 2 is 1.75 bits per heavy atom. The van der Waals surface area contributed by atoms with Gasteiger partial charge in [-0.05, 0) is 35.9 Å². The van der Waals surface area contributed by atoms with Crippen molar-refractivity contribution in [1.29, 1.82) is 0 Å². The fraction of sp³-hybridized carbons (Fsp3) is 0.118. The maximum absolute atomic E-state index is 12.1. The van der Waals surface area contributed by atoms with Gasteiger partial charge in [0.25, 0.3) is 0 Å². The van der Waals surface area contributed by atoms with Crippen LogP contribution in [0.15, 0.2) is 42.5 Å². The van der Waals surface area contributed by atoms with Crippen LogP contribution in [0.3, 0.4) is 0 Å². The quantitative estimate of drug-likeness (QED) is 0.843. The van der Waals surface area contributed by atoms with Crippen LogP contribution in [0.2, 0.25) is 0 Å². The number of benzene rings is 2. The van der Waals surface area contributed by atoms with Crippen LogP contribution >= 0.6 is 0 Å². The molecule has 2 rings (SSSR count). The number of halogens is 3. The van der Waals surface area contributed by atoms with E-state index in [0.29, 0.717) is 22.4 Å². The molecule has 126 valence electrons. The molecule has 0 bridgehead atoms. The summed E-state index contributed by atoms with van der Waals surface area (Å²) in [7, 11) is 1.49. The summed E-state index contributed by atoms with van der Waals surface area (Å²) in [5.41, 5.74) is 6.83. The number of amides is 1. The lowest BCUT2D eigenvalue weighted by Gasteiger charge is -2.08. The first-order valence-corrected chi connectivity index (χ1v) is 6.80. The molecule has 0 aliphatic rings. The zero-order valence-electron chi connectivity index (χ0n) is 12.6. The molecule has 0 unspecified atom stereocenters. The summed E-state index contributed by atoms with van der Waals surface area (Å²) in [6.45, 7) is 0. The molecule has 0 heterocycles. The van der Waals surface area contributed by atoms with Gasteiger partial charge in [-0.2, -0.15) is 0 Å². The summed E-state index contributed by atoms with van der Waals surface area (Å²) >= 11 is 0. The van der Waals surface area contributed by atoms with Gasteiger partial charge in [0.05, 0.1) is 7.11 Å². The molecule has 2 aromatic rings. The Hall–Kier alpha value is -2.96. The molecule has 4 nitrogen and oxygen atoms in total. The highest BCUT2D eigenvalue weighted by Gasteiger charge is 2.30. The zero-order valence-corrected chi connectivity index (χ0v) is 12.6. The molecule has 0 spiro atoms. The van der Waals surface area contributed by atoms with Crippen LogP contribution in [0.4, 0.5) is 13.2 Å². The SMILES string of the molecule is COc1ccc(C(N)=O)cc1C=Cc1ccc(OC(F)(F)F)cc1. The van der Waals surface area contributed by atoms with Crippen LogP contribution in [0.1, 0.15) is 21.5 Å². The molecule has 0 aliphatic heterocycles. The number of nitrogens with two attached hydrogens (primary N) is 1. The van der Waals surface area contributed by atoms with E-state index >= 15 is 0 Å². The predicted molar refractivity (Wildman–Crippen MR) is 83.6 cm³/mol. The third-order valence-electron chi connectivity index (χ3n) is 3.08. The number of carbonyl (C=O) groups is 1. The molecule has 1 amide bonds. The Labute approximate surface area is 136 Å². The van der Waals surface area contributed by atoms with E-state index in [2.05, 4.69) is 4.74 Å². The summed E-state index contributed by atoms with van der Waals surface area (Å²) < 4.78 is 45.3. The van der Waals surface area contributed by atoms with Gasteiger partial charge in [-0.3, -0.25) is 4.79 Å². The second-order valence-electron chi connectivity index (χ2n) is 4.77. The number of ether oxygens (including phenoxy) is 2. The van der Waals surface area contributed by atoms with Gasteiger partial charge in [-0.15, -0.1) is 13.2 Å². The van der Waals surface area contributed by atoms with Gasteiger partial charge in [0, 0.05) is 11.1 Å². The van der Waals surface area contributed by atoms with Crippen LogP contribution in [0, 0.1) is 0 Å². The number of hydrogen-bond donors (Lipinski definition) is 1. The Balaban J connectivity index is 2.21. The van der Waals surface area contributed by atoms with Gasteiger partial charge in [-0.1, -0.05) is 24.3 Å². The Morgan fingerprint density at radius 3 is 2.29 bits per heavy atom. The van der Waals surface area contributed by atoms with Crippen molar-refractivity contribution in [1.82, 2.24) is 0 Å². The average molecular weight is 337 g/mol. The Kier molecular flexibility index (Phi) is 5.13. The molecule has 0 atom stereocenters. The maximum Gasteiger partial charge on any atom is 0.573 e. The molecule has 0 aromatic heterocycles. The largest absolute Gasteiger partial charge is 0.573 e. The van der Waals surface area contributed by atoms with Crippen LogP contribution in [-0.4, -0.2) is 19.4 Å². The molecule has 0 saturated heterocycles. The molecule has 2 aromatic carbocycles. The number of rotatable bonds is 5. The van der Waals surface area contributed by atoms with Crippen LogP contribution in [0.5, 0.6) is 11.5 Å². The number of alkyl halides is 3. The van der Waals surface area contributed by atoms with E-state index in [4.69, 9.17) is 10.5 Å². The molecule has 0 aliphatic carbocycles. The van der Waals surface area contributed by atoms with Gasteiger partial charge < -0.3 is 15.2 Å². The van der Waals surface area contributed by atoms with Crippen molar-refractivity contribution in [2.45, 2.75) is 6.36 Å². The van der Waals surface area contributed by atoms with Crippen molar-refractivity contribution < 1.29 is 27.4 Å². The highest BCUT2D eigenvalue weighted by atomic mass is 19.4. The van der Waals surface area contributed by atoms with Gasteiger partial charge in [0.2, 0.25) is 5.91 Å². The lowest BCUT2D eigenvalue weighted by atomic mass is 10.1. The summed E-state index contributed by atoms with van der Waals surface area (Å²) in [5, 5.41) is 0. The van der Waals surface area contributed by atoms with Gasteiger partial charge in [0.15, 0.2) is 0 Å². The normalized spacial score (nSPS) is 11.5. The van der Waals surface area contributed by atoms with Gasteiger partial charge >= 0.3 is 6.36 Å². The van der Waals surface area contributed by atoms with Crippen LogP contribution in [-0.2, 0) is 0 Å². The van der Waals surface area contributed by atoms with Crippen LogP contribution in [0.25, 0.3) is 12.2 Å². The Bertz CT molecular complexity index is 753. The second kappa shape index (κ2) is 7.08. The molecule has 7 heteroatoms. The predicted octanol–water partition coefficient (Wildman–Crippen LogP) is 3.86. The third kappa shape index (κ3) is 4.77. The first kappa shape index (κ1) is 17.4. The first-order valence-electron chi connectivity index (χ1n) is 6.80. The Morgan fingerprint density at radius 1 is 1.08 bits per heavy atom. The number of methoxy groups -OCH3 is 1. The summed E-state index contributed by atoms with van der Waals surface area (Å²) in [4.78, 5) is 11.2. The topological polar surface area (TPSA) is 61.5 Å². The van der Waals surface area contributed by atoms with E-state index in [1.807, 2.05) is 0 Å². The third-order valence-corrected chi connectivity index (χ3v) is 3.08. The fourth-order valence-corrected chi connectivity index (χ4v) is 1.98.